The van der Waals surface area contributed by atoms with Crippen LogP contribution < -0.4 is 0 Å². The van der Waals surface area contributed by atoms with Crippen molar-refractivity contribution in [1.82, 2.24) is 19.5 Å². The molecular weight excluding hydrogens is 541 g/mol. The molecule has 3 aromatic rings. The molecule has 206 valence electrons. The zero-order chi connectivity index (χ0) is 27.3. The lowest BCUT2D eigenvalue weighted by atomic mass is 10.0. The maximum absolute atomic E-state index is 14.0. The van der Waals surface area contributed by atoms with Crippen LogP contribution in [0, 0.1) is 6.92 Å². The second-order valence-electron chi connectivity index (χ2n) is 10.9. The molecule has 4 heterocycles. The van der Waals surface area contributed by atoms with Gasteiger partial charge in [0.25, 0.3) is 11.8 Å². The molecule has 0 radical (unpaired) electrons. The number of rotatable bonds is 5. The molecule has 0 atom stereocenters. The van der Waals surface area contributed by atoms with E-state index in [9.17, 15) is 13.6 Å². The van der Waals surface area contributed by atoms with Gasteiger partial charge in [0.15, 0.2) is 0 Å². The molecule has 0 aliphatic carbocycles. The highest BCUT2D eigenvalue weighted by molar-refractivity contribution is 6.35. The van der Waals surface area contributed by atoms with Gasteiger partial charge in [-0.1, -0.05) is 53.9 Å². The standard InChI is InChI=1S/C30H32Cl2F2N4O/c1-20-27-26(11-15-37(29(27)39)36-13-3-2-4-14-36)38(25-10-9-23(31)17-24(25)32)28(20)22-7-5-21(6-8-22)18-35-16-12-30(33,34)19-35/h5-10,17H,2-4,11-16,18-19H2,1H3. The van der Waals surface area contributed by atoms with Gasteiger partial charge in [-0.05, 0) is 54.7 Å². The average Bonchev–Trinajstić information content (AvgIpc) is 3.41. The number of benzene rings is 2. The highest BCUT2D eigenvalue weighted by Gasteiger charge is 2.38. The van der Waals surface area contributed by atoms with Crippen LogP contribution in [-0.2, 0) is 13.0 Å². The Morgan fingerprint density at radius 1 is 0.949 bits per heavy atom. The van der Waals surface area contributed by atoms with Gasteiger partial charge >= 0.3 is 0 Å². The maximum atomic E-state index is 14.0. The van der Waals surface area contributed by atoms with Crippen LogP contribution in [0.3, 0.4) is 0 Å². The van der Waals surface area contributed by atoms with Crippen LogP contribution in [0.1, 0.15) is 52.9 Å². The minimum atomic E-state index is -2.61. The zero-order valence-corrected chi connectivity index (χ0v) is 23.5. The molecular formula is C30H32Cl2F2N4O. The summed E-state index contributed by atoms with van der Waals surface area (Å²) in [5.41, 5.74) is 6.22. The van der Waals surface area contributed by atoms with Crippen molar-refractivity contribution in [3.05, 3.63) is 74.9 Å². The van der Waals surface area contributed by atoms with E-state index in [2.05, 4.69) is 9.58 Å². The number of fused-ring (bicyclic) bond motifs is 1. The summed E-state index contributed by atoms with van der Waals surface area (Å²) in [6, 6.07) is 13.5. The van der Waals surface area contributed by atoms with E-state index < -0.39 is 5.92 Å². The van der Waals surface area contributed by atoms with Gasteiger partial charge in [0.1, 0.15) is 0 Å². The smallest absolute Gasteiger partial charge is 0.270 e. The van der Waals surface area contributed by atoms with Gasteiger partial charge in [0.05, 0.1) is 28.5 Å². The number of hydrogen-bond donors (Lipinski definition) is 0. The molecule has 0 N–H and O–H groups in total. The minimum absolute atomic E-state index is 0.0346. The number of piperidine rings is 1. The molecule has 0 saturated carbocycles. The molecule has 2 aromatic carbocycles. The molecule has 2 saturated heterocycles. The lowest BCUT2D eigenvalue weighted by Crippen LogP contribution is -2.51. The number of halogens is 4. The summed E-state index contributed by atoms with van der Waals surface area (Å²) >= 11 is 13.0. The Kier molecular flexibility index (Phi) is 7.21. The number of alkyl halides is 2. The summed E-state index contributed by atoms with van der Waals surface area (Å²) < 4.78 is 29.5. The molecule has 5 nitrogen and oxygen atoms in total. The SMILES string of the molecule is Cc1c2c(n(-c3ccc(Cl)cc3Cl)c1-c1ccc(CN3CCC(F)(F)C3)cc1)CCN(N1CCCCC1)C2=O. The van der Waals surface area contributed by atoms with Crippen molar-refractivity contribution in [2.24, 2.45) is 0 Å². The first-order valence-electron chi connectivity index (χ1n) is 13.7. The highest BCUT2D eigenvalue weighted by Crippen LogP contribution is 2.40. The monoisotopic (exact) mass is 572 g/mol. The summed E-state index contributed by atoms with van der Waals surface area (Å²) in [5, 5.41) is 5.20. The highest BCUT2D eigenvalue weighted by atomic mass is 35.5. The Hall–Kier alpha value is -2.45. The zero-order valence-electron chi connectivity index (χ0n) is 22.0. The first-order chi connectivity index (χ1) is 18.7. The number of nitrogens with zero attached hydrogens (tertiary/aromatic N) is 4. The van der Waals surface area contributed by atoms with E-state index in [-0.39, 0.29) is 18.9 Å². The lowest BCUT2D eigenvalue weighted by Gasteiger charge is -2.39. The molecule has 1 amide bonds. The van der Waals surface area contributed by atoms with E-state index in [0.717, 1.165) is 65.3 Å². The normalized spacial score (nSPS) is 20.0. The Balaban J connectivity index is 1.40. The van der Waals surface area contributed by atoms with Gasteiger partial charge in [0.2, 0.25) is 0 Å². The third-order valence-corrected chi connectivity index (χ3v) is 8.77. The molecule has 0 unspecified atom stereocenters. The van der Waals surface area contributed by atoms with Crippen LogP contribution in [0.5, 0.6) is 0 Å². The Morgan fingerprint density at radius 3 is 2.36 bits per heavy atom. The third-order valence-electron chi connectivity index (χ3n) is 8.23. The number of hydrogen-bond acceptors (Lipinski definition) is 3. The predicted octanol–water partition coefficient (Wildman–Crippen LogP) is 7.00. The Bertz CT molecular complexity index is 1400. The summed E-state index contributed by atoms with van der Waals surface area (Å²) in [4.78, 5) is 15.7. The molecule has 39 heavy (non-hydrogen) atoms. The topological polar surface area (TPSA) is 31.7 Å². The van der Waals surface area contributed by atoms with Crippen LogP contribution in [-0.4, -0.2) is 64.0 Å². The summed E-state index contributed by atoms with van der Waals surface area (Å²) in [6.07, 6.45) is 4.02. The van der Waals surface area contributed by atoms with Crippen molar-refractivity contribution >= 4 is 29.1 Å². The second kappa shape index (κ2) is 10.5. The van der Waals surface area contributed by atoms with Crippen molar-refractivity contribution in [2.45, 2.75) is 51.5 Å². The number of aromatic nitrogens is 1. The number of amides is 1. The van der Waals surface area contributed by atoms with Gasteiger partial charge in [0, 0.05) is 56.3 Å². The van der Waals surface area contributed by atoms with Crippen molar-refractivity contribution < 1.29 is 13.6 Å². The molecule has 6 rings (SSSR count). The fourth-order valence-electron chi connectivity index (χ4n) is 6.34. The largest absolute Gasteiger partial charge is 0.311 e. The van der Waals surface area contributed by atoms with Gasteiger partial charge in [-0.2, -0.15) is 0 Å². The van der Waals surface area contributed by atoms with Gasteiger partial charge < -0.3 is 4.57 Å². The molecule has 0 bridgehead atoms. The van der Waals surface area contributed by atoms with E-state index in [0.29, 0.717) is 36.1 Å². The van der Waals surface area contributed by atoms with Crippen molar-refractivity contribution in [3.8, 4) is 16.9 Å². The van der Waals surface area contributed by atoms with Gasteiger partial charge in [-0.3, -0.25) is 14.7 Å². The van der Waals surface area contributed by atoms with Gasteiger partial charge in [-0.15, -0.1) is 0 Å². The number of likely N-dealkylation sites (tertiary alicyclic amines) is 1. The maximum Gasteiger partial charge on any atom is 0.270 e. The minimum Gasteiger partial charge on any atom is -0.311 e. The van der Waals surface area contributed by atoms with Gasteiger partial charge in [-0.25, -0.2) is 13.8 Å². The molecule has 9 heteroatoms. The first-order valence-corrected chi connectivity index (χ1v) is 14.4. The fourth-order valence-corrected chi connectivity index (χ4v) is 6.84. The van der Waals surface area contributed by atoms with Crippen LogP contribution in [0.4, 0.5) is 8.78 Å². The quantitative estimate of drug-likeness (QED) is 0.330. The van der Waals surface area contributed by atoms with Crippen LogP contribution in [0.25, 0.3) is 16.9 Å². The summed E-state index contributed by atoms with van der Waals surface area (Å²) in [7, 11) is 0. The number of carbonyl (C=O) groups is 1. The summed E-state index contributed by atoms with van der Waals surface area (Å²) in [5.74, 6) is -2.57. The van der Waals surface area contributed by atoms with Crippen LogP contribution >= 0.6 is 23.2 Å². The van der Waals surface area contributed by atoms with E-state index in [4.69, 9.17) is 23.2 Å². The Labute approximate surface area is 237 Å². The van der Waals surface area contributed by atoms with Crippen molar-refractivity contribution in [3.63, 3.8) is 0 Å². The van der Waals surface area contributed by atoms with Crippen molar-refractivity contribution in [1.29, 1.82) is 0 Å². The molecule has 1 aromatic heterocycles. The van der Waals surface area contributed by atoms with Crippen LogP contribution in [0.2, 0.25) is 10.0 Å². The first kappa shape index (κ1) is 26.8. The molecule has 3 aliphatic heterocycles. The number of hydrazine groups is 1. The molecule has 0 spiro atoms. The fraction of sp³-hybridized carbons (Fsp3) is 0.433. The van der Waals surface area contributed by atoms with E-state index in [1.165, 1.54) is 6.42 Å². The lowest BCUT2D eigenvalue weighted by molar-refractivity contribution is -0.0237. The Morgan fingerprint density at radius 2 is 1.69 bits per heavy atom. The summed E-state index contributed by atoms with van der Waals surface area (Å²) in [6.45, 7) is 5.12. The number of carbonyl (C=O) groups excluding carboxylic acids is 1. The third kappa shape index (κ3) is 5.10. The van der Waals surface area contributed by atoms with E-state index in [1.54, 1.807) is 11.0 Å². The van der Waals surface area contributed by atoms with Crippen molar-refractivity contribution in [2.75, 3.05) is 32.7 Å². The predicted molar refractivity (Wildman–Crippen MR) is 151 cm³/mol. The average molecular weight is 574 g/mol. The van der Waals surface area contributed by atoms with E-state index >= 15 is 0 Å². The second-order valence-corrected chi connectivity index (χ2v) is 11.8. The molecule has 3 aliphatic rings. The molecule has 2 fully saturated rings. The van der Waals surface area contributed by atoms with Crippen LogP contribution in [0.15, 0.2) is 42.5 Å². The van der Waals surface area contributed by atoms with E-state index in [1.807, 2.05) is 48.3 Å².